The molecule has 1 aliphatic heterocycles. The summed E-state index contributed by atoms with van der Waals surface area (Å²) in [4.78, 5) is 25.2. The number of para-hydroxylation sites is 1. The van der Waals surface area contributed by atoms with Gasteiger partial charge in [0.05, 0.1) is 12.2 Å². The molecular weight excluding hydrogens is 380 g/mol. The molecule has 2 aromatic carbocycles. The van der Waals surface area contributed by atoms with Gasteiger partial charge in [0.1, 0.15) is 10.7 Å². The number of hydrogen-bond donors (Lipinski definition) is 1. The van der Waals surface area contributed by atoms with Gasteiger partial charge >= 0.3 is 0 Å². The van der Waals surface area contributed by atoms with Crippen molar-refractivity contribution in [1.82, 2.24) is 19.8 Å². The maximum Gasteiger partial charge on any atom is 0.270 e. The summed E-state index contributed by atoms with van der Waals surface area (Å²) in [6, 6.07) is 20.2. The van der Waals surface area contributed by atoms with Crippen LogP contribution in [0.3, 0.4) is 0 Å². The number of nitrogens with zero attached hydrogens (tertiary/aromatic N) is 3. The van der Waals surface area contributed by atoms with Gasteiger partial charge in [-0.05, 0) is 12.1 Å². The molecule has 0 unspecified atom stereocenters. The van der Waals surface area contributed by atoms with E-state index in [1.54, 1.807) is 11.3 Å². The average Bonchev–Trinajstić information content (AvgIpc) is 3.41. The normalized spacial score (nSPS) is 15.1. The number of benzene rings is 2. The maximum absolute atomic E-state index is 12.9. The van der Waals surface area contributed by atoms with Crippen LogP contribution in [0, 0.1) is 0 Å². The Hall–Kier alpha value is -2.96. The zero-order chi connectivity index (χ0) is 19.6. The summed E-state index contributed by atoms with van der Waals surface area (Å²) >= 11 is 1.71. The Balaban J connectivity index is 1.19. The van der Waals surface area contributed by atoms with E-state index >= 15 is 0 Å². The molecule has 3 heterocycles. The summed E-state index contributed by atoms with van der Waals surface area (Å²) in [6.07, 6.45) is 0. The molecule has 4 aromatic rings. The number of fused-ring (bicyclic) bond motifs is 1. The van der Waals surface area contributed by atoms with Crippen molar-refractivity contribution in [2.75, 3.05) is 26.2 Å². The molecule has 5 nitrogen and oxygen atoms in total. The van der Waals surface area contributed by atoms with Crippen molar-refractivity contribution in [3.63, 3.8) is 0 Å². The number of hydrogen-bond acceptors (Lipinski definition) is 4. The summed E-state index contributed by atoms with van der Waals surface area (Å²) < 4.78 is 0. The molecule has 1 amide bonds. The molecule has 1 N–H and O–H groups in total. The summed E-state index contributed by atoms with van der Waals surface area (Å²) in [5.74, 6) is 0.0847. The molecule has 1 saturated heterocycles. The molecule has 0 atom stereocenters. The van der Waals surface area contributed by atoms with E-state index in [0.29, 0.717) is 5.69 Å². The van der Waals surface area contributed by atoms with Crippen LogP contribution in [-0.4, -0.2) is 51.9 Å². The van der Waals surface area contributed by atoms with E-state index in [2.05, 4.69) is 27.4 Å². The first kappa shape index (κ1) is 18.1. The lowest BCUT2D eigenvalue weighted by atomic mass is 10.2. The molecule has 0 saturated carbocycles. The molecule has 0 bridgehead atoms. The molecule has 146 valence electrons. The predicted octanol–water partition coefficient (Wildman–Crippen LogP) is 4.25. The third kappa shape index (κ3) is 3.81. The van der Waals surface area contributed by atoms with Crippen LogP contribution in [0.25, 0.3) is 22.2 Å². The minimum Gasteiger partial charge on any atom is -0.351 e. The van der Waals surface area contributed by atoms with Gasteiger partial charge in [0, 0.05) is 48.0 Å². The molecule has 6 heteroatoms. The molecule has 1 aliphatic rings. The van der Waals surface area contributed by atoms with Gasteiger partial charge in [0.2, 0.25) is 0 Å². The highest BCUT2D eigenvalue weighted by atomic mass is 32.1. The van der Waals surface area contributed by atoms with Crippen LogP contribution in [0.2, 0.25) is 0 Å². The number of aromatic amines is 1. The summed E-state index contributed by atoms with van der Waals surface area (Å²) in [6.45, 7) is 4.06. The van der Waals surface area contributed by atoms with Crippen LogP contribution in [-0.2, 0) is 6.54 Å². The maximum atomic E-state index is 12.9. The molecule has 0 aliphatic carbocycles. The van der Waals surface area contributed by atoms with Crippen molar-refractivity contribution in [1.29, 1.82) is 0 Å². The summed E-state index contributed by atoms with van der Waals surface area (Å²) in [5.41, 5.74) is 3.88. The van der Waals surface area contributed by atoms with Crippen LogP contribution >= 0.6 is 11.3 Å². The predicted molar refractivity (Wildman–Crippen MR) is 117 cm³/mol. The van der Waals surface area contributed by atoms with Gasteiger partial charge < -0.3 is 9.88 Å². The van der Waals surface area contributed by atoms with Crippen LogP contribution in [0.1, 0.15) is 15.5 Å². The lowest BCUT2D eigenvalue weighted by Gasteiger charge is -2.34. The van der Waals surface area contributed by atoms with Crippen LogP contribution < -0.4 is 0 Å². The Morgan fingerprint density at radius 3 is 2.55 bits per heavy atom. The molecule has 1 fully saturated rings. The Bertz CT molecular complexity index is 1090. The number of carbonyl (C=O) groups excluding carboxylic acids is 1. The number of carbonyl (C=O) groups is 1. The van der Waals surface area contributed by atoms with Gasteiger partial charge in [-0.15, -0.1) is 11.3 Å². The molecular formula is C23H22N4OS. The lowest BCUT2D eigenvalue weighted by molar-refractivity contribution is 0.0623. The standard InChI is InChI=1S/C23H22N4OS/c28-23(20-14-18-8-4-5-9-19(18)24-20)27-12-10-26(11-13-27)15-22-25-21(16-29-22)17-6-2-1-3-7-17/h1-9,14,16,24H,10-13,15H2. The van der Waals surface area contributed by atoms with E-state index in [9.17, 15) is 4.79 Å². The fourth-order valence-electron chi connectivity index (χ4n) is 3.78. The number of nitrogens with one attached hydrogen (secondary N) is 1. The highest BCUT2D eigenvalue weighted by Gasteiger charge is 2.23. The fourth-order valence-corrected chi connectivity index (χ4v) is 4.63. The third-order valence-electron chi connectivity index (χ3n) is 5.40. The van der Waals surface area contributed by atoms with Crippen molar-refractivity contribution in [3.8, 4) is 11.3 Å². The minimum atomic E-state index is 0.0847. The second-order valence-corrected chi connectivity index (χ2v) is 8.27. The van der Waals surface area contributed by atoms with Crippen LogP contribution in [0.4, 0.5) is 0 Å². The summed E-state index contributed by atoms with van der Waals surface area (Å²) in [5, 5.41) is 4.33. The van der Waals surface area contributed by atoms with Crippen molar-refractivity contribution >= 4 is 28.1 Å². The number of H-pyrrole nitrogens is 1. The molecule has 0 spiro atoms. The molecule has 2 aromatic heterocycles. The van der Waals surface area contributed by atoms with Gasteiger partial charge in [0.15, 0.2) is 0 Å². The van der Waals surface area contributed by atoms with Gasteiger partial charge in [-0.1, -0.05) is 48.5 Å². The zero-order valence-electron chi connectivity index (χ0n) is 16.0. The Labute approximate surface area is 173 Å². The molecule has 29 heavy (non-hydrogen) atoms. The van der Waals surface area contributed by atoms with E-state index < -0.39 is 0 Å². The molecule has 0 radical (unpaired) electrons. The van der Waals surface area contributed by atoms with Crippen LogP contribution in [0.15, 0.2) is 66.0 Å². The lowest BCUT2D eigenvalue weighted by Crippen LogP contribution is -2.48. The first-order valence-electron chi connectivity index (χ1n) is 9.85. The third-order valence-corrected chi connectivity index (χ3v) is 6.23. The zero-order valence-corrected chi connectivity index (χ0v) is 16.9. The van der Waals surface area contributed by atoms with Crippen molar-refractivity contribution in [3.05, 3.63) is 76.7 Å². The Morgan fingerprint density at radius 2 is 1.76 bits per heavy atom. The fraction of sp³-hybridized carbons (Fsp3) is 0.217. The minimum absolute atomic E-state index is 0.0847. The van der Waals surface area contributed by atoms with Crippen LogP contribution in [0.5, 0.6) is 0 Å². The van der Waals surface area contributed by atoms with Crippen molar-refractivity contribution < 1.29 is 4.79 Å². The second-order valence-electron chi connectivity index (χ2n) is 7.33. The highest BCUT2D eigenvalue weighted by Crippen LogP contribution is 2.23. The van der Waals surface area contributed by atoms with Crippen molar-refractivity contribution in [2.45, 2.75) is 6.54 Å². The smallest absolute Gasteiger partial charge is 0.270 e. The topological polar surface area (TPSA) is 52.2 Å². The van der Waals surface area contributed by atoms with Crippen molar-refractivity contribution in [2.24, 2.45) is 0 Å². The quantitative estimate of drug-likeness (QED) is 0.555. The van der Waals surface area contributed by atoms with Gasteiger partial charge in [0.25, 0.3) is 5.91 Å². The first-order valence-corrected chi connectivity index (χ1v) is 10.7. The SMILES string of the molecule is O=C(c1cc2ccccc2[nH]1)N1CCN(Cc2nc(-c3ccccc3)cs2)CC1. The van der Waals surface area contributed by atoms with Gasteiger partial charge in [-0.2, -0.15) is 0 Å². The molecule has 5 rings (SSSR count). The Morgan fingerprint density at radius 1 is 1.00 bits per heavy atom. The summed E-state index contributed by atoms with van der Waals surface area (Å²) in [7, 11) is 0. The first-order chi connectivity index (χ1) is 14.3. The van der Waals surface area contributed by atoms with E-state index in [-0.39, 0.29) is 5.91 Å². The van der Waals surface area contributed by atoms with Gasteiger partial charge in [-0.3, -0.25) is 9.69 Å². The van der Waals surface area contributed by atoms with E-state index in [1.165, 1.54) is 0 Å². The Kier molecular flexibility index (Phi) is 4.87. The monoisotopic (exact) mass is 402 g/mol. The van der Waals surface area contributed by atoms with E-state index in [0.717, 1.165) is 59.9 Å². The number of aromatic nitrogens is 2. The van der Waals surface area contributed by atoms with Gasteiger partial charge in [-0.25, -0.2) is 4.98 Å². The van der Waals surface area contributed by atoms with E-state index in [4.69, 9.17) is 4.98 Å². The number of thiazole rings is 1. The second kappa shape index (κ2) is 7.81. The number of piperazine rings is 1. The highest BCUT2D eigenvalue weighted by molar-refractivity contribution is 7.09. The average molecular weight is 403 g/mol. The number of rotatable bonds is 4. The number of amides is 1. The largest absolute Gasteiger partial charge is 0.351 e. The van der Waals surface area contributed by atoms with E-state index in [1.807, 2.05) is 53.4 Å².